The summed E-state index contributed by atoms with van der Waals surface area (Å²) in [6, 6.07) is 17.5. The molecule has 0 aliphatic carbocycles. The summed E-state index contributed by atoms with van der Waals surface area (Å²) in [7, 11) is 0. The minimum atomic E-state index is -0.0715. The molecule has 4 heteroatoms. The van der Waals surface area contributed by atoms with Crippen molar-refractivity contribution in [2.24, 2.45) is 0 Å². The van der Waals surface area contributed by atoms with Crippen molar-refractivity contribution in [3.8, 4) is 10.1 Å². The predicted octanol–water partition coefficient (Wildman–Crippen LogP) is 3.78. The number of hydrogen-bond donors (Lipinski definition) is 0. The number of hydrogen-bond acceptors (Lipinski definition) is 3. The molecule has 0 N–H and O–H groups in total. The summed E-state index contributed by atoms with van der Waals surface area (Å²) in [5, 5.41) is 0.837. The summed E-state index contributed by atoms with van der Waals surface area (Å²) in [5.74, 6) is -0.0715. The van der Waals surface area contributed by atoms with Crippen LogP contribution in [0, 0.1) is 0 Å². The summed E-state index contributed by atoms with van der Waals surface area (Å²) in [6.45, 7) is 0. The van der Waals surface area contributed by atoms with Crippen molar-refractivity contribution in [2.75, 3.05) is 0 Å². The molecular weight excluding hydrogens is 341 g/mol. The van der Waals surface area contributed by atoms with Gasteiger partial charge in [0.05, 0.1) is 0 Å². The normalized spacial score (nSPS) is 10.9. The number of fused-ring (bicyclic) bond motifs is 1. The molecule has 2 aromatic heterocycles. The Morgan fingerprint density at radius 2 is 1.77 bits per heavy atom. The van der Waals surface area contributed by atoms with Gasteiger partial charge in [0.15, 0.2) is 0 Å². The molecular formula is C18H11NO2Se. The first-order valence-electron chi connectivity index (χ1n) is 6.85. The van der Waals surface area contributed by atoms with Crippen molar-refractivity contribution in [3.05, 3.63) is 77.1 Å². The van der Waals surface area contributed by atoms with Gasteiger partial charge >= 0.3 is 133 Å². The second-order valence-electron chi connectivity index (χ2n) is 4.88. The van der Waals surface area contributed by atoms with E-state index in [1.165, 1.54) is 6.26 Å². The van der Waals surface area contributed by atoms with E-state index in [2.05, 4.69) is 4.98 Å². The molecule has 0 aliphatic heterocycles. The Bertz CT molecular complexity index is 953. The van der Waals surface area contributed by atoms with Gasteiger partial charge in [0.1, 0.15) is 0 Å². The first-order valence-corrected chi connectivity index (χ1v) is 8.69. The van der Waals surface area contributed by atoms with Gasteiger partial charge in [0.2, 0.25) is 0 Å². The quantitative estimate of drug-likeness (QED) is 0.416. The van der Waals surface area contributed by atoms with Crippen LogP contribution < -0.4 is 0 Å². The van der Waals surface area contributed by atoms with Gasteiger partial charge in [-0.05, 0) is 0 Å². The molecule has 0 atom stereocenters. The van der Waals surface area contributed by atoms with E-state index in [0.29, 0.717) is 11.3 Å². The fourth-order valence-corrected chi connectivity index (χ4v) is 4.07. The number of furan rings is 1. The Balaban J connectivity index is 1.73. The van der Waals surface area contributed by atoms with Crippen LogP contribution in [0.2, 0.25) is 0 Å². The van der Waals surface area contributed by atoms with E-state index in [-0.39, 0.29) is 20.3 Å². The van der Waals surface area contributed by atoms with E-state index < -0.39 is 0 Å². The molecule has 0 radical (unpaired) electrons. The molecule has 2 aromatic carbocycles. The topological polar surface area (TPSA) is 43.1 Å². The zero-order valence-corrected chi connectivity index (χ0v) is 13.2. The van der Waals surface area contributed by atoms with Crippen LogP contribution >= 0.6 is 0 Å². The molecule has 0 aliphatic rings. The van der Waals surface area contributed by atoms with Crippen LogP contribution in [-0.2, 0) is 0 Å². The zero-order valence-electron chi connectivity index (χ0n) is 11.5. The number of para-hydroxylation sites is 1. The van der Waals surface area contributed by atoms with Crippen LogP contribution in [-0.4, -0.2) is 25.3 Å². The standard InChI is InChI=1S/C18H11NO2Se/c20-17(14-10-21-16-9-5-4-8-13(14)16)15-11-22-18(19-15)12-6-2-1-3-7-12/h1-11H. The molecule has 22 heavy (non-hydrogen) atoms. The average Bonchev–Trinajstić information content (AvgIpc) is 3.22. The number of rotatable bonds is 3. The third kappa shape index (κ3) is 2.23. The van der Waals surface area contributed by atoms with Gasteiger partial charge in [-0.15, -0.1) is 0 Å². The van der Waals surface area contributed by atoms with Gasteiger partial charge in [-0.2, -0.15) is 0 Å². The SMILES string of the molecule is O=C(c1c[se]c(-c2ccccc2)n1)c1coc2ccccc12. The molecule has 0 amide bonds. The summed E-state index contributed by atoms with van der Waals surface area (Å²) < 4.78 is 6.44. The average molecular weight is 352 g/mol. The van der Waals surface area contributed by atoms with E-state index in [1.54, 1.807) is 0 Å². The van der Waals surface area contributed by atoms with Gasteiger partial charge in [0, 0.05) is 0 Å². The van der Waals surface area contributed by atoms with Crippen LogP contribution in [0.1, 0.15) is 16.1 Å². The van der Waals surface area contributed by atoms with E-state index in [9.17, 15) is 4.79 Å². The van der Waals surface area contributed by atoms with Gasteiger partial charge in [-0.25, -0.2) is 0 Å². The fourth-order valence-electron chi connectivity index (χ4n) is 2.38. The maximum absolute atomic E-state index is 12.7. The summed E-state index contributed by atoms with van der Waals surface area (Å²) in [4.78, 5) is 19.2. The van der Waals surface area contributed by atoms with Crippen molar-refractivity contribution in [2.45, 2.75) is 0 Å². The Kier molecular flexibility index (Phi) is 3.26. The van der Waals surface area contributed by atoms with E-state index in [1.807, 2.05) is 59.5 Å². The Morgan fingerprint density at radius 3 is 2.64 bits per heavy atom. The van der Waals surface area contributed by atoms with Crippen molar-refractivity contribution in [1.29, 1.82) is 0 Å². The predicted molar refractivity (Wildman–Crippen MR) is 86.3 cm³/mol. The molecule has 0 spiro atoms. The summed E-state index contributed by atoms with van der Waals surface area (Å²) in [5.41, 5.74) is 2.90. The van der Waals surface area contributed by atoms with Gasteiger partial charge in [-0.1, -0.05) is 0 Å². The Hall–Kier alpha value is -2.42. The molecule has 0 saturated carbocycles. The summed E-state index contributed by atoms with van der Waals surface area (Å²) in [6.07, 6.45) is 1.52. The molecule has 0 fully saturated rings. The number of nitrogens with zero attached hydrogens (tertiary/aromatic N) is 1. The first-order chi connectivity index (χ1) is 10.8. The third-order valence-electron chi connectivity index (χ3n) is 3.48. The van der Waals surface area contributed by atoms with Crippen molar-refractivity contribution < 1.29 is 9.21 Å². The zero-order chi connectivity index (χ0) is 14.9. The number of carbonyl (C=O) groups is 1. The van der Waals surface area contributed by atoms with E-state index >= 15 is 0 Å². The number of benzene rings is 2. The molecule has 4 rings (SSSR count). The van der Waals surface area contributed by atoms with Crippen LogP contribution in [0.25, 0.3) is 21.1 Å². The number of ketones is 1. The van der Waals surface area contributed by atoms with Gasteiger partial charge in [-0.3, -0.25) is 0 Å². The Labute approximate surface area is 133 Å². The van der Waals surface area contributed by atoms with Crippen LogP contribution in [0.15, 0.2) is 70.2 Å². The molecule has 4 aromatic rings. The second kappa shape index (κ2) is 5.41. The molecule has 0 bridgehead atoms. The molecule has 3 nitrogen and oxygen atoms in total. The first kappa shape index (κ1) is 13.3. The van der Waals surface area contributed by atoms with E-state index in [4.69, 9.17) is 4.42 Å². The number of carbonyl (C=O) groups excluding carboxylic acids is 1. The maximum atomic E-state index is 12.7. The monoisotopic (exact) mass is 353 g/mol. The number of aromatic nitrogens is 1. The van der Waals surface area contributed by atoms with Crippen LogP contribution in [0.5, 0.6) is 0 Å². The summed E-state index contributed by atoms with van der Waals surface area (Å²) >= 11 is 0.0892. The van der Waals surface area contributed by atoms with E-state index in [0.717, 1.165) is 21.1 Å². The molecule has 2 heterocycles. The molecule has 0 unspecified atom stereocenters. The van der Waals surface area contributed by atoms with Crippen LogP contribution in [0.3, 0.4) is 0 Å². The molecule has 0 saturated heterocycles. The third-order valence-corrected chi connectivity index (χ3v) is 5.35. The van der Waals surface area contributed by atoms with Gasteiger partial charge < -0.3 is 0 Å². The fraction of sp³-hybridized carbons (Fsp3) is 0. The Morgan fingerprint density at radius 1 is 1.00 bits per heavy atom. The second-order valence-corrected chi connectivity index (χ2v) is 6.68. The van der Waals surface area contributed by atoms with Gasteiger partial charge in [0.25, 0.3) is 0 Å². The van der Waals surface area contributed by atoms with Crippen molar-refractivity contribution >= 4 is 31.3 Å². The van der Waals surface area contributed by atoms with Crippen molar-refractivity contribution in [1.82, 2.24) is 4.98 Å². The molecule has 106 valence electrons. The van der Waals surface area contributed by atoms with Crippen molar-refractivity contribution in [3.63, 3.8) is 0 Å². The minimum absolute atomic E-state index is 0.0715. The van der Waals surface area contributed by atoms with Crippen LogP contribution in [0.4, 0.5) is 0 Å².